The van der Waals surface area contributed by atoms with Gasteiger partial charge in [0.2, 0.25) is 0 Å². The summed E-state index contributed by atoms with van der Waals surface area (Å²) in [4.78, 5) is 9.76. The van der Waals surface area contributed by atoms with Crippen molar-refractivity contribution < 1.29 is 14.8 Å². The van der Waals surface area contributed by atoms with Crippen molar-refractivity contribution in [2.24, 2.45) is 0 Å². The maximum absolute atomic E-state index is 10.3. The molecule has 1 aromatic heterocycles. The lowest BCUT2D eigenvalue weighted by Crippen LogP contribution is -2.21. The number of rotatable bonds is 5. The fourth-order valence-corrected chi connectivity index (χ4v) is 1.01. The van der Waals surface area contributed by atoms with Crippen LogP contribution in [0.15, 0.2) is 12.4 Å². The van der Waals surface area contributed by atoms with Crippen LogP contribution in [0.1, 0.15) is 0 Å². The highest BCUT2D eigenvalue weighted by Gasteiger charge is 2.11. The van der Waals surface area contributed by atoms with Gasteiger partial charge < -0.3 is 9.84 Å². The third-order valence-corrected chi connectivity index (χ3v) is 1.59. The first-order chi connectivity index (χ1) is 6.63. The van der Waals surface area contributed by atoms with E-state index in [-0.39, 0.29) is 32.3 Å². The van der Waals surface area contributed by atoms with Gasteiger partial charge in [-0.3, -0.25) is 14.8 Å². The van der Waals surface area contributed by atoms with Crippen LogP contribution in [0.2, 0.25) is 0 Å². The van der Waals surface area contributed by atoms with E-state index in [0.29, 0.717) is 0 Å². The Balaban J connectivity index is 0.00000196. The summed E-state index contributed by atoms with van der Waals surface area (Å²) in [5, 5.41) is 23.3. The minimum atomic E-state index is -0.709. The minimum Gasteiger partial charge on any atom is -0.389 e. The molecule has 1 N–H and O–H groups in total. The lowest BCUT2D eigenvalue weighted by Gasteiger charge is -2.07. The molecule has 86 valence electrons. The van der Waals surface area contributed by atoms with Crippen LogP contribution in [0.4, 0.5) is 5.69 Å². The Morgan fingerprint density at radius 2 is 2.47 bits per heavy atom. The Bertz CT molecular complexity index is 317. The van der Waals surface area contributed by atoms with Crippen molar-refractivity contribution >= 4 is 19.2 Å². The van der Waals surface area contributed by atoms with Crippen LogP contribution in [-0.4, -0.2) is 39.6 Å². The van der Waals surface area contributed by atoms with E-state index < -0.39 is 11.0 Å². The third kappa shape index (κ3) is 4.28. The molecule has 0 aromatic carbocycles. The summed E-state index contributed by atoms with van der Waals surface area (Å²) >= 11 is 0. The maximum Gasteiger partial charge on any atom is 0.306 e. The minimum absolute atomic E-state index is 0. The normalized spacial score (nSPS) is 11.9. The van der Waals surface area contributed by atoms with Gasteiger partial charge in [0.05, 0.1) is 24.2 Å². The molecule has 0 radical (unpaired) electrons. The maximum atomic E-state index is 10.3. The van der Waals surface area contributed by atoms with Crippen molar-refractivity contribution in [3.63, 3.8) is 0 Å². The van der Waals surface area contributed by atoms with Gasteiger partial charge in [-0.2, -0.15) is 18.6 Å². The summed E-state index contributed by atoms with van der Waals surface area (Å²) in [7, 11) is 1.47. The average molecular weight is 235 g/mol. The Kier molecular flexibility index (Phi) is 5.90. The van der Waals surface area contributed by atoms with Gasteiger partial charge in [0.25, 0.3) is 0 Å². The number of aliphatic hydroxyl groups is 1. The van der Waals surface area contributed by atoms with Gasteiger partial charge >= 0.3 is 5.69 Å². The van der Waals surface area contributed by atoms with Gasteiger partial charge in [-0.05, 0) is 0 Å². The van der Waals surface area contributed by atoms with Crippen molar-refractivity contribution in [2.75, 3.05) is 13.7 Å². The molecule has 0 aliphatic rings. The van der Waals surface area contributed by atoms with Crippen molar-refractivity contribution in [3.05, 3.63) is 22.5 Å². The summed E-state index contributed by atoms with van der Waals surface area (Å²) in [6, 6.07) is 0. The summed E-state index contributed by atoms with van der Waals surface area (Å²) < 4.78 is 6.01. The van der Waals surface area contributed by atoms with Gasteiger partial charge in [-0.25, -0.2) is 0 Å². The van der Waals surface area contributed by atoms with E-state index in [2.05, 4.69) is 5.10 Å². The standard InChI is InChI=1S/C7H11N3O4.H2S/c1-14-5-7(11)4-9-3-6(2-8-9)10(12)13;/h2-3,7,11H,4-5H2,1H3;1H2/t7-;/m0./s1. The van der Waals surface area contributed by atoms with Crippen LogP contribution >= 0.6 is 13.5 Å². The van der Waals surface area contributed by atoms with Crippen molar-refractivity contribution in [3.8, 4) is 0 Å². The van der Waals surface area contributed by atoms with Crippen LogP contribution in [0, 0.1) is 10.1 Å². The predicted octanol–water partition coefficient (Wildman–Crippen LogP) is -0.0886. The van der Waals surface area contributed by atoms with Gasteiger partial charge in [-0.1, -0.05) is 0 Å². The van der Waals surface area contributed by atoms with Gasteiger partial charge in [-0.15, -0.1) is 0 Å². The van der Waals surface area contributed by atoms with Crippen LogP contribution < -0.4 is 0 Å². The quantitative estimate of drug-likeness (QED) is 0.569. The second-order valence-corrected chi connectivity index (χ2v) is 2.79. The smallest absolute Gasteiger partial charge is 0.306 e. The number of aromatic nitrogens is 2. The number of nitro groups is 1. The zero-order valence-electron chi connectivity index (χ0n) is 8.16. The third-order valence-electron chi connectivity index (χ3n) is 1.59. The summed E-state index contributed by atoms with van der Waals surface area (Å²) in [6.07, 6.45) is 1.69. The summed E-state index contributed by atoms with van der Waals surface area (Å²) in [6.45, 7) is 0.356. The second kappa shape index (κ2) is 6.38. The van der Waals surface area contributed by atoms with Gasteiger partial charge in [0.1, 0.15) is 12.4 Å². The highest BCUT2D eigenvalue weighted by atomic mass is 32.1. The number of methoxy groups -OCH3 is 1. The molecule has 0 unspecified atom stereocenters. The molecule has 0 bridgehead atoms. The molecule has 1 atom stereocenters. The summed E-state index contributed by atoms with van der Waals surface area (Å²) in [5.41, 5.74) is -0.0883. The summed E-state index contributed by atoms with van der Waals surface area (Å²) in [5.74, 6) is 0. The molecule has 1 aromatic rings. The monoisotopic (exact) mass is 235 g/mol. The fraction of sp³-hybridized carbons (Fsp3) is 0.571. The molecular formula is C7H13N3O4S. The van der Waals surface area contributed by atoms with Crippen molar-refractivity contribution in [2.45, 2.75) is 12.6 Å². The molecule has 15 heavy (non-hydrogen) atoms. The molecule has 0 aliphatic heterocycles. The van der Waals surface area contributed by atoms with Crippen LogP contribution in [-0.2, 0) is 11.3 Å². The van der Waals surface area contributed by atoms with Gasteiger partial charge in [0, 0.05) is 7.11 Å². The first kappa shape index (κ1) is 13.9. The Labute approximate surface area is 93.3 Å². The van der Waals surface area contributed by atoms with E-state index in [1.165, 1.54) is 18.0 Å². The number of nitrogens with zero attached hydrogens (tertiary/aromatic N) is 3. The molecule has 7 nitrogen and oxygen atoms in total. The lowest BCUT2D eigenvalue weighted by molar-refractivity contribution is -0.385. The van der Waals surface area contributed by atoms with E-state index in [0.717, 1.165) is 6.20 Å². The Morgan fingerprint density at radius 1 is 1.80 bits per heavy atom. The molecule has 0 saturated carbocycles. The van der Waals surface area contributed by atoms with Crippen LogP contribution in [0.3, 0.4) is 0 Å². The molecule has 0 aliphatic carbocycles. The van der Waals surface area contributed by atoms with Crippen LogP contribution in [0.5, 0.6) is 0 Å². The number of aliphatic hydroxyl groups excluding tert-OH is 1. The Morgan fingerprint density at radius 3 is 2.93 bits per heavy atom. The number of hydrogen-bond acceptors (Lipinski definition) is 5. The molecular weight excluding hydrogens is 222 g/mol. The second-order valence-electron chi connectivity index (χ2n) is 2.79. The SMILES string of the molecule is COC[C@@H](O)Cn1cc([N+](=O)[O-])cn1.S. The van der Waals surface area contributed by atoms with Gasteiger partial charge in [0.15, 0.2) is 0 Å². The molecule has 0 amide bonds. The largest absolute Gasteiger partial charge is 0.389 e. The average Bonchev–Trinajstić information content (AvgIpc) is 2.53. The van der Waals surface area contributed by atoms with Crippen molar-refractivity contribution in [1.82, 2.24) is 9.78 Å². The molecule has 0 saturated heterocycles. The van der Waals surface area contributed by atoms with E-state index in [4.69, 9.17) is 4.74 Å². The Hall–Kier alpha value is -1.12. The molecule has 0 fully saturated rings. The predicted molar refractivity (Wildman–Crippen MR) is 57.1 cm³/mol. The fourth-order valence-electron chi connectivity index (χ4n) is 1.01. The van der Waals surface area contributed by atoms with E-state index in [9.17, 15) is 15.2 Å². The first-order valence-corrected chi connectivity index (χ1v) is 3.97. The van der Waals surface area contributed by atoms with E-state index in [1.54, 1.807) is 0 Å². The highest BCUT2D eigenvalue weighted by Crippen LogP contribution is 2.07. The molecule has 1 rings (SSSR count). The first-order valence-electron chi connectivity index (χ1n) is 3.97. The van der Waals surface area contributed by atoms with E-state index in [1.807, 2.05) is 0 Å². The van der Waals surface area contributed by atoms with Crippen molar-refractivity contribution in [1.29, 1.82) is 0 Å². The number of ether oxygens (including phenoxy) is 1. The lowest BCUT2D eigenvalue weighted by atomic mass is 10.4. The van der Waals surface area contributed by atoms with Crippen LogP contribution in [0.25, 0.3) is 0 Å². The topological polar surface area (TPSA) is 90.4 Å². The molecule has 8 heteroatoms. The molecule has 1 heterocycles. The zero-order valence-corrected chi connectivity index (χ0v) is 9.16. The highest BCUT2D eigenvalue weighted by molar-refractivity contribution is 7.59. The number of hydrogen-bond donors (Lipinski definition) is 1. The zero-order chi connectivity index (χ0) is 10.6. The molecule has 0 spiro atoms. The van der Waals surface area contributed by atoms with E-state index >= 15 is 0 Å².